The van der Waals surface area contributed by atoms with E-state index in [1.165, 1.54) is 0 Å². The third kappa shape index (κ3) is 2.71. The van der Waals surface area contributed by atoms with Crippen LogP contribution in [0.4, 0.5) is 0 Å². The van der Waals surface area contributed by atoms with Gasteiger partial charge in [-0.1, -0.05) is 25.1 Å². The number of carbonyl (C=O) groups excluding carboxylic acids is 1. The number of nitrogens with one attached hydrogen (secondary N) is 1. The second-order valence-electron chi connectivity index (χ2n) is 3.20. The van der Waals surface area contributed by atoms with Crippen LogP contribution in [0.5, 0.6) is 0 Å². The number of piperazine rings is 1. The van der Waals surface area contributed by atoms with Crippen molar-refractivity contribution in [2.75, 3.05) is 19.6 Å². The zero-order chi connectivity index (χ0) is 9.84. The summed E-state index contributed by atoms with van der Waals surface area (Å²) in [4.78, 5) is 13.5. The fraction of sp³-hybridized carbons (Fsp3) is 0.667. The van der Waals surface area contributed by atoms with Crippen LogP contribution >= 0.6 is 11.6 Å². The van der Waals surface area contributed by atoms with E-state index in [4.69, 9.17) is 11.6 Å². The van der Waals surface area contributed by atoms with Crippen LogP contribution < -0.4 is 5.32 Å². The third-order valence-electron chi connectivity index (χ3n) is 2.20. The molecule has 1 rings (SSSR count). The maximum atomic E-state index is 11.4. The molecule has 1 aliphatic rings. The van der Waals surface area contributed by atoms with Crippen LogP contribution in [0.15, 0.2) is 11.6 Å². The maximum absolute atomic E-state index is 11.4. The van der Waals surface area contributed by atoms with Crippen molar-refractivity contribution in [2.45, 2.75) is 19.4 Å². The highest BCUT2D eigenvalue weighted by Gasteiger charge is 2.27. The van der Waals surface area contributed by atoms with Gasteiger partial charge < -0.3 is 5.32 Å². The van der Waals surface area contributed by atoms with E-state index in [-0.39, 0.29) is 11.9 Å². The number of rotatable bonds is 3. The molecule has 0 aliphatic carbocycles. The van der Waals surface area contributed by atoms with Crippen LogP contribution in [-0.2, 0) is 4.79 Å². The third-order valence-corrected chi connectivity index (χ3v) is 2.32. The lowest BCUT2D eigenvalue weighted by molar-refractivity contribution is -0.128. The second kappa shape index (κ2) is 4.63. The SMILES string of the molecule is C=C(Cl)CN1CCNC(=O)C1CC. The van der Waals surface area contributed by atoms with Gasteiger partial charge in [-0.2, -0.15) is 0 Å². The summed E-state index contributed by atoms with van der Waals surface area (Å²) in [6.07, 6.45) is 0.815. The van der Waals surface area contributed by atoms with E-state index in [1.807, 2.05) is 6.92 Å². The van der Waals surface area contributed by atoms with E-state index >= 15 is 0 Å². The highest BCUT2D eigenvalue weighted by Crippen LogP contribution is 2.11. The molecule has 0 aromatic rings. The Morgan fingerprint density at radius 1 is 1.85 bits per heavy atom. The van der Waals surface area contributed by atoms with E-state index in [2.05, 4.69) is 16.8 Å². The first-order valence-corrected chi connectivity index (χ1v) is 4.88. The fourth-order valence-corrected chi connectivity index (χ4v) is 1.77. The topological polar surface area (TPSA) is 32.3 Å². The molecule has 0 aromatic carbocycles. The molecule has 1 unspecified atom stereocenters. The van der Waals surface area contributed by atoms with Crippen molar-refractivity contribution in [3.8, 4) is 0 Å². The molecule has 1 atom stereocenters. The number of carbonyl (C=O) groups is 1. The summed E-state index contributed by atoms with van der Waals surface area (Å²) in [5, 5.41) is 3.42. The van der Waals surface area contributed by atoms with Crippen LogP contribution in [0.1, 0.15) is 13.3 Å². The number of halogens is 1. The largest absolute Gasteiger partial charge is 0.353 e. The highest BCUT2D eigenvalue weighted by molar-refractivity contribution is 6.29. The van der Waals surface area contributed by atoms with Crippen molar-refractivity contribution in [2.24, 2.45) is 0 Å². The minimum absolute atomic E-state index is 0.0377. The monoisotopic (exact) mass is 202 g/mol. The van der Waals surface area contributed by atoms with Crippen LogP contribution in [0.25, 0.3) is 0 Å². The predicted molar refractivity (Wildman–Crippen MR) is 53.7 cm³/mol. The van der Waals surface area contributed by atoms with Gasteiger partial charge in [0.15, 0.2) is 0 Å². The summed E-state index contributed by atoms with van der Waals surface area (Å²) in [6.45, 7) is 7.80. The fourth-order valence-electron chi connectivity index (χ4n) is 1.62. The van der Waals surface area contributed by atoms with Gasteiger partial charge in [0.1, 0.15) is 0 Å². The molecule has 0 bridgehead atoms. The molecule has 74 valence electrons. The van der Waals surface area contributed by atoms with Gasteiger partial charge in [0.05, 0.1) is 6.04 Å². The first-order chi connectivity index (χ1) is 6.15. The zero-order valence-electron chi connectivity index (χ0n) is 7.85. The van der Waals surface area contributed by atoms with Gasteiger partial charge in [0.25, 0.3) is 0 Å². The predicted octanol–water partition coefficient (Wildman–Crippen LogP) is 0.949. The van der Waals surface area contributed by atoms with Crippen LogP contribution in [0.3, 0.4) is 0 Å². The zero-order valence-corrected chi connectivity index (χ0v) is 8.60. The summed E-state index contributed by atoms with van der Waals surface area (Å²) in [5.74, 6) is 0.103. The molecule has 4 heteroatoms. The Labute approximate surface area is 83.7 Å². The van der Waals surface area contributed by atoms with Gasteiger partial charge >= 0.3 is 0 Å². The minimum Gasteiger partial charge on any atom is -0.353 e. The summed E-state index contributed by atoms with van der Waals surface area (Å²) >= 11 is 5.71. The average molecular weight is 203 g/mol. The summed E-state index contributed by atoms with van der Waals surface area (Å²) in [6, 6.07) is -0.0377. The molecule has 1 aliphatic heterocycles. The second-order valence-corrected chi connectivity index (χ2v) is 3.74. The molecule has 0 spiro atoms. The lowest BCUT2D eigenvalue weighted by Crippen LogP contribution is -2.55. The van der Waals surface area contributed by atoms with Crippen LogP contribution in [-0.4, -0.2) is 36.5 Å². The molecule has 0 saturated carbocycles. The van der Waals surface area contributed by atoms with Crippen molar-refractivity contribution in [1.82, 2.24) is 10.2 Å². The number of amides is 1. The van der Waals surface area contributed by atoms with E-state index < -0.39 is 0 Å². The van der Waals surface area contributed by atoms with Crippen molar-refractivity contribution in [3.63, 3.8) is 0 Å². The van der Waals surface area contributed by atoms with Gasteiger partial charge in [-0.15, -0.1) is 0 Å². The van der Waals surface area contributed by atoms with E-state index in [0.29, 0.717) is 18.1 Å². The molecular formula is C9H15ClN2O. The Bertz CT molecular complexity index is 218. The van der Waals surface area contributed by atoms with Crippen molar-refractivity contribution in [1.29, 1.82) is 0 Å². The average Bonchev–Trinajstić information content (AvgIpc) is 2.03. The molecular weight excluding hydrogens is 188 g/mol. The quantitative estimate of drug-likeness (QED) is 0.739. The normalized spacial score (nSPS) is 24.2. The lowest BCUT2D eigenvalue weighted by atomic mass is 10.1. The van der Waals surface area contributed by atoms with Gasteiger partial charge in [0.2, 0.25) is 5.91 Å². The lowest BCUT2D eigenvalue weighted by Gasteiger charge is -2.34. The van der Waals surface area contributed by atoms with Crippen LogP contribution in [0, 0.1) is 0 Å². The molecule has 3 nitrogen and oxygen atoms in total. The van der Waals surface area contributed by atoms with Crippen molar-refractivity contribution < 1.29 is 4.79 Å². The molecule has 0 aromatic heterocycles. The Balaban J connectivity index is 2.59. The van der Waals surface area contributed by atoms with E-state index in [1.54, 1.807) is 0 Å². The Hall–Kier alpha value is -0.540. The summed E-state index contributed by atoms with van der Waals surface area (Å²) in [5.41, 5.74) is 0. The number of hydrogen-bond donors (Lipinski definition) is 1. The molecule has 1 heterocycles. The van der Waals surface area contributed by atoms with Gasteiger partial charge in [-0.05, 0) is 6.42 Å². The molecule has 0 radical (unpaired) electrons. The van der Waals surface area contributed by atoms with Crippen molar-refractivity contribution >= 4 is 17.5 Å². The van der Waals surface area contributed by atoms with Gasteiger partial charge in [-0.3, -0.25) is 9.69 Å². The Morgan fingerprint density at radius 2 is 2.54 bits per heavy atom. The molecule has 1 amide bonds. The Morgan fingerprint density at radius 3 is 3.08 bits per heavy atom. The molecule has 13 heavy (non-hydrogen) atoms. The Kier molecular flexibility index (Phi) is 3.75. The summed E-state index contributed by atoms with van der Waals surface area (Å²) < 4.78 is 0. The molecule has 1 fully saturated rings. The van der Waals surface area contributed by atoms with Gasteiger partial charge in [-0.25, -0.2) is 0 Å². The van der Waals surface area contributed by atoms with Crippen molar-refractivity contribution in [3.05, 3.63) is 11.6 Å². The van der Waals surface area contributed by atoms with Crippen LogP contribution in [0.2, 0.25) is 0 Å². The molecule has 1 N–H and O–H groups in total. The van der Waals surface area contributed by atoms with Gasteiger partial charge in [0, 0.05) is 24.7 Å². The first-order valence-electron chi connectivity index (χ1n) is 4.50. The number of nitrogens with zero attached hydrogens (tertiary/aromatic N) is 1. The minimum atomic E-state index is -0.0377. The smallest absolute Gasteiger partial charge is 0.237 e. The summed E-state index contributed by atoms with van der Waals surface area (Å²) in [7, 11) is 0. The maximum Gasteiger partial charge on any atom is 0.237 e. The standard InChI is InChI=1S/C9H15ClN2O/c1-3-8-9(13)11-4-5-12(8)6-7(2)10/h8H,2-6H2,1H3,(H,11,13). The highest BCUT2D eigenvalue weighted by atomic mass is 35.5. The first kappa shape index (κ1) is 10.5. The van der Waals surface area contributed by atoms with E-state index in [9.17, 15) is 4.79 Å². The van der Waals surface area contributed by atoms with E-state index in [0.717, 1.165) is 13.0 Å². The molecule has 1 saturated heterocycles. The number of hydrogen-bond acceptors (Lipinski definition) is 2.